The van der Waals surface area contributed by atoms with Gasteiger partial charge in [-0.2, -0.15) is 0 Å². The van der Waals surface area contributed by atoms with Crippen molar-refractivity contribution in [2.45, 2.75) is 37.3 Å². The maximum absolute atomic E-state index is 6.20. The van der Waals surface area contributed by atoms with Crippen molar-refractivity contribution in [3.63, 3.8) is 0 Å². The summed E-state index contributed by atoms with van der Waals surface area (Å²) in [6, 6.07) is 0. The highest BCUT2D eigenvalue weighted by Crippen LogP contribution is 2.36. The molecule has 0 aromatic rings. The highest BCUT2D eigenvalue weighted by Gasteiger charge is 2.44. The highest BCUT2D eigenvalue weighted by molar-refractivity contribution is 4.81. The minimum Gasteiger partial charge on any atom is -0.381 e. The third-order valence-electron chi connectivity index (χ3n) is 3.63. The van der Waals surface area contributed by atoms with Crippen LogP contribution in [0.15, 0.2) is 0 Å². The Kier molecular flexibility index (Phi) is 4.38. The van der Waals surface area contributed by atoms with Crippen LogP contribution in [0.3, 0.4) is 0 Å². The molecule has 0 unspecified atom stereocenters. The lowest BCUT2D eigenvalue weighted by Gasteiger charge is -2.45. The van der Waals surface area contributed by atoms with Gasteiger partial charge >= 0.3 is 0 Å². The third-order valence-corrected chi connectivity index (χ3v) is 3.63. The van der Waals surface area contributed by atoms with Gasteiger partial charge in [0.25, 0.3) is 0 Å². The van der Waals surface area contributed by atoms with Gasteiger partial charge < -0.3 is 23.7 Å². The molecule has 2 saturated heterocycles. The Hall–Kier alpha value is -0.200. The molecule has 5 heteroatoms. The van der Waals surface area contributed by atoms with Gasteiger partial charge in [-0.15, -0.1) is 0 Å². The fraction of sp³-hybridized carbons (Fsp3) is 1.00. The van der Waals surface area contributed by atoms with E-state index in [1.54, 1.807) is 14.2 Å². The molecule has 0 aromatic heterocycles. The quantitative estimate of drug-likeness (QED) is 0.700. The van der Waals surface area contributed by atoms with Crippen LogP contribution in [-0.4, -0.2) is 52.2 Å². The summed E-state index contributed by atoms with van der Waals surface area (Å²) in [6.45, 7) is 2.68. The van der Waals surface area contributed by atoms with E-state index >= 15 is 0 Å². The van der Waals surface area contributed by atoms with E-state index in [1.807, 2.05) is 0 Å². The molecule has 0 N–H and O–H groups in total. The van der Waals surface area contributed by atoms with E-state index < -0.39 is 11.6 Å². The topological polar surface area (TPSA) is 46.2 Å². The van der Waals surface area contributed by atoms with Crippen molar-refractivity contribution in [2.75, 3.05) is 40.6 Å². The summed E-state index contributed by atoms with van der Waals surface area (Å²) in [5, 5.41) is 0. The van der Waals surface area contributed by atoms with Crippen LogP contribution in [0.25, 0.3) is 0 Å². The maximum Gasteiger partial charge on any atom is 0.175 e. The van der Waals surface area contributed by atoms with Gasteiger partial charge in [0.2, 0.25) is 0 Å². The summed E-state index contributed by atoms with van der Waals surface area (Å²) in [5.74, 6) is -1.13. The SMILES string of the molecule is COC1(OC2(OC)CCOCC2)CCOCC1. The van der Waals surface area contributed by atoms with E-state index in [4.69, 9.17) is 23.7 Å². The van der Waals surface area contributed by atoms with Gasteiger partial charge in [0, 0.05) is 39.9 Å². The predicted molar refractivity (Wildman–Crippen MR) is 60.7 cm³/mol. The fourth-order valence-corrected chi connectivity index (χ4v) is 2.40. The third kappa shape index (κ3) is 2.98. The molecule has 0 spiro atoms. The summed E-state index contributed by atoms with van der Waals surface area (Å²) in [6.07, 6.45) is 2.98. The van der Waals surface area contributed by atoms with Crippen LogP contribution in [-0.2, 0) is 23.7 Å². The van der Waals surface area contributed by atoms with Gasteiger partial charge in [-0.25, -0.2) is 0 Å². The van der Waals surface area contributed by atoms with Crippen molar-refractivity contribution < 1.29 is 23.7 Å². The summed E-state index contributed by atoms with van der Waals surface area (Å²) in [5.41, 5.74) is 0. The second-order valence-electron chi connectivity index (χ2n) is 4.56. The molecule has 2 fully saturated rings. The van der Waals surface area contributed by atoms with Gasteiger partial charge in [0.15, 0.2) is 11.6 Å². The molecule has 0 saturated carbocycles. The van der Waals surface area contributed by atoms with Crippen molar-refractivity contribution in [1.82, 2.24) is 0 Å². The second-order valence-corrected chi connectivity index (χ2v) is 4.56. The van der Waals surface area contributed by atoms with Crippen LogP contribution in [0, 0.1) is 0 Å². The Labute approximate surface area is 102 Å². The number of rotatable bonds is 4. The first kappa shape index (κ1) is 13.2. The largest absolute Gasteiger partial charge is 0.381 e. The van der Waals surface area contributed by atoms with E-state index in [1.165, 1.54) is 0 Å². The van der Waals surface area contributed by atoms with Crippen molar-refractivity contribution in [3.8, 4) is 0 Å². The summed E-state index contributed by atoms with van der Waals surface area (Å²) in [7, 11) is 3.38. The molecule has 0 bridgehead atoms. The van der Waals surface area contributed by atoms with Crippen LogP contribution in [0.2, 0.25) is 0 Å². The normalized spacial score (nSPS) is 27.9. The molecule has 2 rings (SSSR count). The van der Waals surface area contributed by atoms with Gasteiger partial charge in [-0.1, -0.05) is 0 Å². The predicted octanol–water partition coefficient (Wildman–Crippen LogP) is 1.31. The molecule has 0 aromatic carbocycles. The second kappa shape index (κ2) is 5.63. The zero-order chi connectivity index (χ0) is 12.2. The first-order valence-corrected chi connectivity index (χ1v) is 6.20. The van der Waals surface area contributed by atoms with Crippen LogP contribution in [0.5, 0.6) is 0 Å². The van der Waals surface area contributed by atoms with Crippen molar-refractivity contribution in [2.24, 2.45) is 0 Å². The Morgan fingerprint density at radius 1 is 0.706 bits per heavy atom. The van der Waals surface area contributed by atoms with Gasteiger partial charge in [-0.3, -0.25) is 0 Å². The maximum atomic E-state index is 6.20. The molecular weight excluding hydrogens is 224 g/mol. The number of hydrogen-bond acceptors (Lipinski definition) is 5. The fourth-order valence-electron chi connectivity index (χ4n) is 2.40. The van der Waals surface area contributed by atoms with Crippen molar-refractivity contribution in [1.29, 1.82) is 0 Å². The van der Waals surface area contributed by atoms with E-state index in [-0.39, 0.29) is 0 Å². The highest BCUT2D eigenvalue weighted by atomic mass is 16.8. The van der Waals surface area contributed by atoms with Gasteiger partial charge in [0.1, 0.15) is 0 Å². The van der Waals surface area contributed by atoms with Crippen LogP contribution < -0.4 is 0 Å². The Morgan fingerprint density at radius 3 is 1.35 bits per heavy atom. The lowest BCUT2D eigenvalue weighted by atomic mass is 10.0. The molecule has 17 heavy (non-hydrogen) atoms. The lowest BCUT2D eigenvalue weighted by Crippen LogP contribution is -2.52. The minimum absolute atomic E-state index is 0.564. The molecule has 0 aliphatic carbocycles. The standard InChI is InChI=1S/C12H22O5/c1-13-11(3-7-15-8-4-11)17-12(14-2)5-9-16-10-6-12/h3-10H2,1-2H3. The van der Waals surface area contributed by atoms with Crippen molar-refractivity contribution >= 4 is 0 Å². The summed E-state index contributed by atoms with van der Waals surface area (Å²) >= 11 is 0. The summed E-state index contributed by atoms with van der Waals surface area (Å²) < 4.78 is 28.1. The number of hydrogen-bond donors (Lipinski definition) is 0. The minimum atomic E-state index is -0.564. The van der Waals surface area contributed by atoms with Gasteiger partial charge in [0.05, 0.1) is 26.4 Å². The van der Waals surface area contributed by atoms with Gasteiger partial charge in [-0.05, 0) is 0 Å². The molecule has 2 aliphatic rings. The zero-order valence-electron chi connectivity index (χ0n) is 10.7. The Morgan fingerprint density at radius 2 is 1.06 bits per heavy atom. The molecule has 100 valence electrons. The lowest BCUT2D eigenvalue weighted by molar-refractivity contribution is -0.375. The first-order chi connectivity index (χ1) is 8.24. The monoisotopic (exact) mass is 246 g/mol. The Bertz CT molecular complexity index is 207. The average molecular weight is 246 g/mol. The smallest absolute Gasteiger partial charge is 0.175 e. The number of ether oxygens (including phenoxy) is 5. The van der Waals surface area contributed by atoms with E-state index in [0.717, 1.165) is 25.7 Å². The average Bonchev–Trinajstić information content (AvgIpc) is 2.41. The molecule has 2 heterocycles. The molecule has 0 amide bonds. The first-order valence-electron chi connectivity index (χ1n) is 6.20. The van der Waals surface area contributed by atoms with E-state index in [2.05, 4.69) is 0 Å². The molecular formula is C12H22O5. The molecule has 0 atom stereocenters. The van der Waals surface area contributed by atoms with Crippen LogP contribution in [0.1, 0.15) is 25.7 Å². The molecule has 0 radical (unpaired) electrons. The molecule has 2 aliphatic heterocycles. The Balaban J connectivity index is 2.04. The summed E-state index contributed by atoms with van der Waals surface area (Å²) in [4.78, 5) is 0. The van der Waals surface area contributed by atoms with E-state index in [9.17, 15) is 0 Å². The number of methoxy groups -OCH3 is 2. The zero-order valence-corrected chi connectivity index (χ0v) is 10.7. The van der Waals surface area contributed by atoms with Crippen molar-refractivity contribution in [3.05, 3.63) is 0 Å². The van der Waals surface area contributed by atoms with E-state index in [0.29, 0.717) is 26.4 Å². The van der Waals surface area contributed by atoms with Crippen LogP contribution >= 0.6 is 0 Å². The molecule has 5 nitrogen and oxygen atoms in total. The van der Waals surface area contributed by atoms with Crippen LogP contribution in [0.4, 0.5) is 0 Å².